The molecule has 6 nitrogen and oxygen atoms in total. The van der Waals surface area contributed by atoms with E-state index in [1.807, 2.05) is 6.07 Å². The molecule has 0 aliphatic rings. The van der Waals surface area contributed by atoms with Gasteiger partial charge in [-0.05, 0) is 25.1 Å². The number of nitrogens with zero attached hydrogens (tertiary/aromatic N) is 1. The number of benzene rings is 1. The van der Waals surface area contributed by atoms with Gasteiger partial charge in [0.1, 0.15) is 5.60 Å². The van der Waals surface area contributed by atoms with Crippen LogP contribution in [-0.2, 0) is 0 Å². The van der Waals surface area contributed by atoms with Gasteiger partial charge in [0.25, 0.3) is 0 Å². The number of aromatic nitrogens is 2. The lowest BCUT2D eigenvalue weighted by Gasteiger charge is -2.20. The first kappa shape index (κ1) is 11.7. The fraction of sp³-hybridized carbons (Fsp3) is 0.364. The predicted octanol–water partition coefficient (Wildman–Crippen LogP) is 0.300. The quantitative estimate of drug-likeness (QED) is 0.491. The predicted molar refractivity (Wildman–Crippen MR) is 66.7 cm³/mol. The van der Waals surface area contributed by atoms with Crippen LogP contribution in [0.2, 0.25) is 0 Å². The van der Waals surface area contributed by atoms with Crippen molar-refractivity contribution in [2.75, 3.05) is 24.2 Å². The van der Waals surface area contributed by atoms with Crippen molar-refractivity contribution >= 4 is 22.7 Å². The monoisotopic (exact) mass is 236 g/mol. The summed E-state index contributed by atoms with van der Waals surface area (Å²) in [5.41, 5.74) is 6.78. The van der Waals surface area contributed by atoms with E-state index in [1.54, 1.807) is 19.1 Å². The first-order chi connectivity index (χ1) is 8.00. The van der Waals surface area contributed by atoms with Gasteiger partial charge >= 0.3 is 0 Å². The standard InChI is InChI=1S/C11H16N4O2/c1-11(17,6-16)5-13-10-14-8-3-2-7(12)4-9(8)15-10/h2-4,16-17H,5-6,12H2,1H3,(H2,13,14,15). The first-order valence-corrected chi connectivity index (χ1v) is 5.32. The second-order valence-electron chi connectivity index (χ2n) is 4.37. The van der Waals surface area contributed by atoms with Crippen molar-refractivity contribution in [1.29, 1.82) is 0 Å². The Balaban J connectivity index is 2.15. The van der Waals surface area contributed by atoms with E-state index in [-0.39, 0.29) is 13.2 Å². The van der Waals surface area contributed by atoms with Gasteiger partial charge in [0.15, 0.2) is 0 Å². The van der Waals surface area contributed by atoms with E-state index < -0.39 is 5.60 Å². The number of fused-ring (bicyclic) bond motifs is 1. The zero-order chi connectivity index (χ0) is 12.5. The average molecular weight is 236 g/mol. The molecule has 0 bridgehead atoms. The van der Waals surface area contributed by atoms with Gasteiger partial charge in [0.05, 0.1) is 17.6 Å². The van der Waals surface area contributed by atoms with Gasteiger partial charge < -0.3 is 26.2 Å². The molecule has 0 aliphatic carbocycles. The molecule has 0 amide bonds. The minimum absolute atomic E-state index is 0.207. The third-order valence-corrected chi connectivity index (χ3v) is 2.48. The lowest BCUT2D eigenvalue weighted by Crippen LogP contribution is -2.37. The van der Waals surface area contributed by atoms with Gasteiger partial charge in [-0.1, -0.05) is 0 Å². The molecule has 0 saturated heterocycles. The molecule has 0 fully saturated rings. The topological polar surface area (TPSA) is 107 Å². The van der Waals surface area contributed by atoms with Crippen LogP contribution in [-0.4, -0.2) is 38.9 Å². The fourth-order valence-electron chi connectivity index (χ4n) is 1.44. The Morgan fingerprint density at radius 2 is 2.29 bits per heavy atom. The summed E-state index contributed by atoms with van der Waals surface area (Å²) in [5, 5.41) is 21.5. The van der Waals surface area contributed by atoms with Crippen molar-refractivity contribution in [3.8, 4) is 0 Å². The first-order valence-electron chi connectivity index (χ1n) is 5.32. The molecule has 6 N–H and O–H groups in total. The molecule has 0 aliphatic heterocycles. The number of nitrogens with two attached hydrogens (primary N) is 1. The van der Waals surface area contributed by atoms with E-state index in [0.717, 1.165) is 11.0 Å². The molecule has 2 rings (SSSR count). The van der Waals surface area contributed by atoms with Crippen LogP contribution in [0.5, 0.6) is 0 Å². The summed E-state index contributed by atoms with van der Waals surface area (Å²) in [4.78, 5) is 7.31. The minimum Gasteiger partial charge on any atom is -0.399 e. The number of nitrogen functional groups attached to an aromatic ring is 1. The lowest BCUT2D eigenvalue weighted by molar-refractivity contribution is 0.0131. The van der Waals surface area contributed by atoms with Crippen LogP contribution in [0, 0.1) is 0 Å². The Bertz CT molecular complexity index is 521. The molecule has 1 atom stereocenters. The Morgan fingerprint density at radius 3 is 3.00 bits per heavy atom. The summed E-state index contributed by atoms with van der Waals surface area (Å²) in [6, 6.07) is 5.38. The van der Waals surface area contributed by atoms with Crippen molar-refractivity contribution in [1.82, 2.24) is 9.97 Å². The molecule has 0 saturated carbocycles. The second kappa shape index (κ2) is 4.23. The highest BCUT2D eigenvalue weighted by Gasteiger charge is 2.18. The van der Waals surface area contributed by atoms with Gasteiger partial charge in [-0.25, -0.2) is 4.98 Å². The highest BCUT2D eigenvalue weighted by molar-refractivity contribution is 5.80. The third kappa shape index (κ3) is 2.66. The van der Waals surface area contributed by atoms with Crippen molar-refractivity contribution in [2.24, 2.45) is 0 Å². The molecule has 6 heteroatoms. The Labute approximate surface area is 98.5 Å². The Kier molecular flexibility index (Phi) is 2.91. The van der Waals surface area contributed by atoms with E-state index in [0.29, 0.717) is 11.6 Å². The molecule has 1 aromatic heterocycles. The maximum Gasteiger partial charge on any atom is 0.201 e. The van der Waals surface area contributed by atoms with E-state index >= 15 is 0 Å². The van der Waals surface area contributed by atoms with E-state index in [2.05, 4.69) is 15.3 Å². The molecule has 1 aromatic carbocycles. The lowest BCUT2D eigenvalue weighted by atomic mass is 10.1. The van der Waals surface area contributed by atoms with Crippen LogP contribution in [0.25, 0.3) is 11.0 Å². The smallest absolute Gasteiger partial charge is 0.201 e. The summed E-state index contributed by atoms with van der Waals surface area (Å²) < 4.78 is 0. The summed E-state index contributed by atoms with van der Waals surface area (Å²) in [7, 11) is 0. The molecular weight excluding hydrogens is 220 g/mol. The van der Waals surface area contributed by atoms with E-state index in [9.17, 15) is 5.11 Å². The molecule has 0 spiro atoms. The number of nitrogens with one attached hydrogen (secondary N) is 2. The number of rotatable bonds is 4. The molecule has 1 unspecified atom stereocenters. The number of H-pyrrole nitrogens is 1. The summed E-state index contributed by atoms with van der Waals surface area (Å²) in [5.74, 6) is 0.541. The van der Waals surface area contributed by atoms with Crippen LogP contribution in [0.1, 0.15) is 6.92 Å². The molecule has 92 valence electrons. The molecule has 2 aromatic rings. The van der Waals surface area contributed by atoms with Gasteiger partial charge in [-0.15, -0.1) is 0 Å². The molecular formula is C11H16N4O2. The highest BCUT2D eigenvalue weighted by Crippen LogP contribution is 2.17. The maximum absolute atomic E-state index is 9.63. The van der Waals surface area contributed by atoms with Crippen LogP contribution >= 0.6 is 0 Å². The molecule has 17 heavy (non-hydrogen) atoms. The van der Waals surface area contributed by atoms with Gasteiger partial charge in [0, 0.05) is 12.2 Å². The molecule has 0 radical (unpaired) electrons. The number of hydrogen-bond donors (Lipinski definition) is 5. The Hall–Kier alpha value is -1.79. The SMILES string of the molecule is CC(O)(CO)CNc1nc2ccc(N)cc2[nH]1. The van der Waals surface area contributed by atoms with E-state index in [4.69, 9.17) is 10.8 Å². The van der Waals surface area contributed by atoms with E-state index in [1.165, 1.54) is 0 Å². The zero-order valence-electron chi connectivity index (χ0n) is 9.57. The maximum atomic E-state index is 9.63. The summed E-state index contributed by atoms with van der Waals surface area (Å²) in [6.07, 6.45) is 0. The van der Waals surface area contributed by atoms with Gasteiger partial charge in [0.2, 0.25) is 5.95 Å². The number of aliphatic hydroxyl groups excluding tert-OH is 1. The number of hydrogen-bond acceptors (Lipinski definition) is 5. The van der Waals surface area contributed by atoms with Crippen LogP contribution in [0.4, 0.5) is 11.6 Å². The van der Waals surface area contributed by atoms with Crippen molar-refractivity contribution in [3.63, 3.8) is 0 Å². The fourth-order valence-corrected chi connectivity index (χ4v) is 1.44. The average Bonchev–Trinajstić information content (AvgIpc) is 2.68. The second-order valence-corrected chi connectivity index (χ2v) is 4.37. The molecule has 1 heterocycles. The van der Waals surface area contributed by atoms with Gasteiger partial charge in [-0.3, -0.25) is 0 Å². The third-order valence-electron chi connectivity index (χ3n) is 2.48. The minimum atomic E-state index is -1.17. The normalized spacial score (nSPS) is 14.8. The zero-order valence-corrected chi connectivity index (χ0v) is 9.57. The summed E-state index contributed by atoms with van der Waals surface area (Å²) >= 11 is 0. The number of aliphatic hydroxyl groups is 2. The summed E-state index contributed by atoms with van der Waals surface area (Å²) in [6.45, 7) is 1.44. The number of imidazole rings is 1. The van der Waals surface area contributed by atoms with Crippen molar-refractivity contribution in [3.05, 3.63) is 18.2 Å². The van der Waals surface area contributed by atoms with Crippen molar-refractivity contribution in [2.45, 2.75) is 12.5 Å². The Morgan fingerprint density at radius 1 is 1.53 bits per heavy atom. The number of anilines is 2. The number of aromatic amines is 1. The van der Waals surface area contributed by atoms with Crippen LogP contribution < -0.4 is 11.1 Å². The van der Waals surface area contributed by atoms with Crippen molar-refractivity contribution < 1.29 is 10.2 Å². The van der Waals surface area contributed by atoms with Crippen LogP contribution in [0.3, 0.4) is 0 Å². The highest BCUT2D eigenvalue weighted by atomic mass is 16.3. The van der Waals surface area contributed by atoms with Crippen LogP contribution in [0.15, 0.2) is 18.2 Å². The largest absolute Gasteiger partial charge is 0.399 e. The van der Waals surface area contributed by atoms with Gasteiger partial charge in [-0.2, -0.15) is 0 Å².